The SMILES string of the molecule is CCOC(=O)C1=C(C)NC(SCC(=O)N2CCCc3ccccc32)=C(C#N)[C@@H]1c1ccccc1Cl. The minimum atomic E-state index is -0.692. The van der Waals surface area contributed by atoms with E-state index in [1.165, 1.54) is 17.3 Å². The third kappa shape index (κ3) is 5.09. The molecule has 1 N–H and O–H groups in total. The summed E-state index contributed by atoms with van der Waals surface area (Å²) in [5, 5.41) is 14.4. The van der Waals surface area contributed by atoms with E-state index < -0.39 is 11.9 Å². The number of nitriles is 1. The van der Waals surface area contributed by atoms with Crippen molar-refractivity contribution in [3.05, 3.63) is 86.6 Å². The van der Waals surface area contributed by atoms with Crippen molar-refractivity contribution < 1.29 is 14.3 Å². The zero-order valence-electron chi connectivity index (χ0n) is 19.6. The number of aryl methyl sites for hydroxylation is 1. The molecule has 2 aliphatic heterocycles. The highest BCUT2D eigenvalue weighted by Gasteiger charge is 2.36. The van der Waals surface area contributed by atoms with E-state index in [0.29, 0.717) is 39.0 Å². The standard InChI is InChI=1S/C27H26ClN3O3S/c1-3-34-27(33)24-17(2)30-26(20(15-29)25(24)19-11-5-6-12-21(19)28)35-16-23(32)31-14-8-10-18-9-4-7-13-22(18)31/h4-7,9,11-13,25,30H,3,8,10,14,16H2,1-2H3/t25-/m0/s1. The number of fused-ring (bicyclic) bond motifs is 1. The minimum absolute atomic E-state index is 0.0270. The molecule has 1 atom stereocenters. The topological polar surface area (TPSA) is 82.4 Å². The molecule has 0 saturated carbocycles. The van der Waals surface area contributed by atoms with E-state index in [1.807, 2.05) is 29.2 Å². The van der Waals surface area contributed by atoms with Crippen molar-refractivity contribution in [1.82, 2.24) is 5.32 Å². The molecule has 0 fully saturated rings. The maximum atomic E-state index is 13.2. The van der Waals surface area contributed by atoms with Crippen molar-refractivity contribution in [1.29, 1.82) is 5.26 Å². The molecule has 0 spiro atoms. The second-order valence-electron chi connectivity index (χ2n) is 8.26. The number of nitrogens with one attached hydrogen (secondary N) is 1. The molecule has 6 nitrogen and oxygen atoms in total. The number of allylic oxidation sites excluding steroid dienone is 2. The second-order valence-corrected chi connectivity index (χ2v) is 9.65. The van der Waals surface area contributed by atoms with E-state index >= 15 is 0 Å². The molecular weight excluding hydrogens is 482 g/mol. The first kappa shape index (κ1) is 24.9. The second kappa shape index (κ2) is 11.0. The predicted octanol–water partition coefficient (Wildman–Crippen LogP) is 5.31. The van der Waals surface area contributed by atoms with Crippen LogP contribution in [0.1, 0.15) is 37.3 Å². The fourth-order valence-electron chi connectivity index (χ4n) is 4.53. The van der Waals surface area contributed by atoms with Gasteiger partial charge in [-0.25, -0.2) is 4.79 Å². The van der Waals surface area contributed by atoms with Gasteiger partial charge in [-0.1, -0.05) is 59.8 Å². The lowest BCUT2D eigenvalue weighted by molar-refractivity contribution is -0.138. The van der Waals surface area contributed by atoms with Gasteiger partial charge in [0.2, 0.25) is 5.91 Å². The molecule has 0 saturated heterocycles. The molecule has 180 valence electrons. The van der Waals surface area contributed by atoms with Crippen LogP contribution >= 0.6 is 23.4 Å². The van der Waals surface area contributed by atoms with Crippen LogP contribution in [0.25, 0.3) is 0 Å². The molecule has 2 aromatic rings. The van der Waals surface area contributed by atoms with Gasteiger partial charge in [0.25, 0.3) is 0 Å². The van der Waals surface area contributed by atoms with E-state index in [9.17, 15) is 14.9 Å². The Morgan fingerprint density at radius 3 is 2.71 bits per heavy atom. The summed E-state index contributed by atoms with van der Waals surface area (Å²) in [5.74, 6) is -1.07. The van der Waals surface area contributed by atoms with E-state index in [-0.39, 0.29) is 18.3 Å². The maximum Gasteiger partial charge on any atom is 0.336 e. The average molecular weight is 508 g/mol. The number of rotatable bonds is 6. The van der Waals surface area contributed by atoms with Crippen LogP contribution in [0, 0.1) is 11.3 Å². The van der Waals surface area contributed by atoms with Crippen molar-refractivity contribution in [2.45, 2.75) is 32.6 Å². The Kier molecular flexibility index (Phi) is 7.84. The van der Waals surface area contributed by atoms with Crippen LogP contribution in [-0.4, -0.2) is 30.8 Å². The molecule has 8 heteroatoms. The molecule has 0 aliphatic carbocycles. The van der Waals surface area contributed by atoms with Crippen molar-refractivity contribution >= 4 is 40.9 Å². The van der Waals surface area contributed by atoms with Crippen LogP contribution in [0.3, 0.4) is 0 Å². The number of carbonyl (C=O) groups is 2. The molecular formula is C27H26ClN3O3S. The largest absolute Gasteiger partial charge is 0.463 e. The number of esters is 1. The lowest BCUT2D eigenvalue weighted by atomic mass is 9.82. The Bertz CT molecular complexity index is 1260. The summed E-state index contributed by atoms with van der Waals surface area (Å²) in [6.45, 7) is 4.39. The van der Waals surface area contributed by atoms with Gasteiger partial charge in [0.15, 0.2) is 0 Å². The molecule has 2 aliphatic rings. The highest BCUT2D eigenvalue weighted by atomic mass is 35.5. The van der Waals surface area contributed by atoms with Gasteiger partial charge in [-0.15, -0.1) is 0 Å². The van der Waals surface area contributed by atoms with Gasteiger partial charge in [0.1, 0.15) is 0 Å². The summed E-state index contributed by atoms with van der Waals surface area (Å²) >= 11 is 7.77. The summed E-state index contributed by atoms with van der Waals surface area (Å²) in [6, 6.07) is 17.4. The Balaban J connectivity index is 1.65. The van der Waals surface area contributed by atoms with Gasteiger partial charge < -0.3 is 15.0 Å². The summed E-state index contributed by atoms with van der Waals surface area (Å²) in [5.41, 5.74) is 4.02. The molecule has 0 radical (unpaired) electrons. The van der Waals surface area contributed by atoms with Crippen LogP contribution in [-0.2, 0) is 20.7 Å². The number of hydrogen-bond donors (Lipinski definition) is 1. The first-order valence-corrected chi connectivity index (χ1v) is 12.9. The fraction of sp³-hybridized carbons (Fsp3) is 0.296. The average Bonchev–Trinajstić information content (AvgIpc) is 2.87. The molecule has 0 bridgehead atoms. The Morgan fingerprint density at radius 2 is 1.97 bits per heavy atom. The highest BCUT2D eigenvalue weighted by molar-refractivity contribution is 8.03. The molecule has 35 heavy (non-hydrogen) atoms. The zero-order valence-corrected chi connectivity index (χ0v) is 21.2. The Morgan fingerprint density at radius 1 is 1.23 bits per heavy atom. The monoisotopic (exact) mass is 507 g/mol. The maximum absolute atomic E-state index is 13.2. The molecule has 4 rings (SSSR count). The van der Waals surface area contributed by atoms with Gasteiger partial charge in [0.05, 0.1) is 40.5 Å². The van der Waals surface area contributed by atoms with E-state index in [2.05, 4.69) is 17.5 Å². The number of dihydropyridines is 1. The van der Waals surface area contributed by atoms with E-state index in [1.54, 1.807) is 32.0 Å². The van der Waals surface area contributed by atoms with Crippen LogP contribution in [0.5, 0.6) is 0 Å². The quantitative estimate of drug-likeness (QED) is 0.533. The number of anilines is 1. The molecule has 1 amide bonds. The molecule has 0 unspecified atom stereocenters. The van der Waals surface area contributed by atoms with E-state index in [4.69, 9.17) is 16.3 Å². The smallest absolute Gasteiger partial charge is 0.336 e. The predicted molar refractivity (Wildman–Crippen MR) is 139 cm³/mol. The third-order valence-corrected chi connectivity index (χ3v) is 7.46. The summed E-state index contributed by atoms with van der Waals surface area (Å²) in [6.07, 6.45) is 1.87. The van der Waals surface area contributed by atoms with Gasteiger partial charge in [-0.3, -0.25) is 4.79 Å². The third-order valence-electron chi connectivity index (χ3n) is 6.11. The Labute approximate surface area is 214 Å². The van der Waals surface area contributed by atoms with Gasteiger partial charge in [0, 0.05) is 23.0 Å². The number of halogens is 1. The number of para-hydroxylation sites is 1. The number of benzene rings is 2. The zero-order chi connectivity index (χ0) is 24.9. The van der Waals surface area contributed by atoms with Crippen LogP contribution in [0.2, 0.25) is 5.02 Å². The number of hydrogen-bond acceptors (Lipinski definition) is 6. The first-order chi connectivity index (χ1) is 17.0. The summed E-state index contributed by atoms with van der Waals surface area (Å²) in [7, 11) is 0. The van der Waals surface area contributed by atoms with Crippen LogP contribution < -0.4 is 10.2 Å². The van der Waals surface area contributed by atoms with Crippen molar-refractivity contribution in [3.8, 4) is 6.07 Å². The van der Waals surface area contributed by atoms with E-state index in [0.717, 1.165) is 18.5 Å². The summed E-state index contributed by atoms with van der Waals surface area (Å²) < 4.78 is 5.30. The van der Waals surface area contributed by atoms with Gasteiger partial charge in [-0.2, -0.15) is 5.26 Å². The van der Waals surface area contributed by atoms with Gasteiger partial charge >= 0.3 is 5.97 Å². The normalized spacial score (nSPS) is 17.4. The molecule has 0 aromatic heterocycles. The lowest BCUT2D eigenvalue weighted by Crippen LogP contribution is -2.37. The fourth-order valence-corrected chi connectivity index (χ4v) is 5.74. The first-order valence-electron chi connectivity index (χ1n) is 11.5. The highest BCUT2D eigenvalue weighted by Crippen LogP contribution is 2.43. The van der Waals surface area contributed by atoms with Gasteiger partial charge in [-0.05, 0) is 49.9 Å². The van der Waals surface area contributed by atoms with Crippen molar-refractivity contribution in [2.24, 2.45) is 0 Å². The lowest BCUT2D eigenvalue weighted by Gasteiger charge is -2.31. The van der Waals surface area contributed by atoms with Crippen LogP contribution in [0.15, 0.2) is 70.4 Å². The number of amides is 1. The number of nitrogens with zero attached hydrogens (tertiary/aromatic N) is 2. The number of carbonyl (C=O) groups excluding carboxylic acids is 2. The summed E-state index contributed by atoms with van der Waals surface area (Å²) in [4.78, 5) is 27.9. The van der Waals surface area contributed by atoms with Crippen molar-refractivity contribution in [3.63, 3.8) is 0 Å². The number of thioether (sulfide) groups is 1. The van der Waals surface area contributed by atoms with Crippen LogP contribution in [0.4, 0.5) is 5.69 Å². The minimum Gasteiger partial charge on any atom is -0.463 e. The van der Waals surface area contributed by atoms with Crippen molar-refractivity contribution in [2.75, 3.05) is 23.8 Å². The number of ether oxygens (including phenoxy) is 1. The molecule has 2 heterocycles. The molecule has 2 aromatic carbocycles. The Hall–Kier alpha value is -3.21.